The van der Waals surface area contributed by atoms with Gasteiger partial charge in [-0.15, -0.1) is 0 Å². The van der Waals surface area contributed by atoms with Crippen LogP contribution < -0.4 is 4.74 Å². The molecule has 0 bridgehead atoms. The predicted octanol–water partition coefficient (Wildman–Crippen LogP) is 2.98. The fraction of sp³-hybridized carbons (Fsp3) is 0.368. The lowest BCUT2D eigenvalue weighted by atomic mass is 9.92. The molecule has 24 heavy (non-hydrogen) atoms. The maximum absolute atomic E-state index is 11.4. The molecule has 1 aliphatic rings. The van der Waals surface area contributed by atoms with Crippen molar-refractivity contribution >= 4 is 5.97 Å². The van der Waals surface area contributed by atoms with E-state index < -0.39 is 5.97 Å². The maximum atomic E-state index is 11.4. The second-order valence-corrected chi connectivity index (χ2v) is 6.14. The van der Waals surface area contributed by atoms with E-state index in [2.05, 4.69) is 16.0 Å². The molecule has 1 aromatic carbocycles. The minimum Gasteiger partial charge on any atom is -0.497 e. The largest absolute Gasteiger partial charge is 0.497 e. The van der Waals surface area contributed by atoms with Crippen LogP contribution in [0, 0.1) is 5.92 Å². The quantitative estimate of drug-likeness (QED) is 0.915. The van der Waals surface area contributed by atoms with Crippen LogP contribution in [-0.4, -0.2) is 41.2 Å². The maximum Gasteiger partial charge on any atom is 0.307 e. The van der Waals surface area contributed by atoms with Gasteiger partial charge in [0.05, 0.1) is 19.1 Å². The van der Waals surface area contributed by atoms with Gasteiger partial charge in [0, 0.05) is 18.9 Å². The Hall–Kier alpha value is -2.40. The number of benzene rings is 1. The number of piperidine rings is 1. The van der Waals surface area contributed by atoms with Gasteiger partial charge in [0.1, 0.15) is 5.75 Å². The highest BCUT2D eigenvalue weighted by Gasteiger charge is 2.31. The highest BCUT2D eigenvalue weighted by molar-refractivity contribution is 5.70. The van der Waals surface area contributed by atoms with Crippen molar-refractivity contribution in [2.75, 3.05) is 20.2 Å². The van der Waals surface area contributed by atoms with Crippen LogP contribution in [0.1, 0.15) is 30.0 Å². The van der Waals surface area contributed by atoms with E-state index in [4.69, 9.17) is 4.74 Å². The van der Waals surface area contributed by atoms with Crippen LogP contribution >= 0.6 is 0 Å². The van der Waals surface area contributed by atoms with Crippen molar-refractivity contribution in [1.82, 2.24) is 9.88 Å². The van der Waals surface area contributed by atoms with Gasteiger partial charge >= 0.3 is 5.97 Å². The number of hydrogen-bond acceptors (Lipinski definition) is 4. The summed E-state index contributed by atoms with van der Waals surface area (Å²) in [6.45, 7) is 1.42. The van der Waals surface area contributed by atoms with Gasteiger partial charge in [-0.3, -0.25) is 14.7 Å². The number of aliphatic carboxylic acids is 1. The zero-order valence-corrected chi connectivity index (χ0v) is 13.8. The van der Waals surface area contributed by atoms with E-state index in [1.807, 2.05) is 36.5 Å². The fourth-order valence-electron chi connectivity index (χ4n) is 3.41. The number of rotatable bonds is 5. The van der Waals surface area contributed by atoms with Gasteiger partial charge in [-0.05, 0) is 48.7 Å². The second-order valence-electron chi connectivity index (χ2n) is 6.14. The van der Waals surface area contributed by atoms with E-state index in [9.17, 15) is 9.90 Å². The van der Waals surface area contributed by atoms with Gasteiger partial charge in [0.25, 0.3) is 0 Å². The highest BCUT2D eigenvalue weighted by Crippen LogP contribution is 2.33. The normalized spacial score (nSPS) is 19.6. The van der Waals surface area contributed by atoms with E-state index in [1.54, 1.807) is 13.3 Å². The topological polar surface area (TPSA) is 62.7 Å². The fourth-order valence-corrected chi connectivity index (χ4v) is 3.41. The highest BCUT2D eigenvalue weighted by atomic mass is 16.5. The number of nitrogens with zero attached hydrogens (tertiary/aromatic N) is 2. The number of hydrogen-bond donors (Lipinski definition) is 1. The SMILES string of the molecule is COc1cccc(C(c2cccnc2)N2CCCC(C(=O)O)C2)c1. The molecule has 0 spiro atoms. The molecule has 0 aliphatic carbocycles. The first-order valence-corrected chi connectivity index (χ1v) is 8.20. The lowest BCUT2D eigenvalue weighted by molar-refractivity contribution is -0.143. The molecule has 2 atom stereocenters. The van der Waals surface area contributed by atoms with Crippen molar-refractivity contribution in [1.29, 1.82) is 0 Å². The molecule has 1 aromatic heterocycles. The number of pyridine rings is 1. The van der Waals surface area contributed by atoms with Crippen molar-refractivity contribution in [2.24, 2.45) is 5.92 Å². The number of likely N-dealkylation sites (tertiary alicyclic amines) is 1. The molecule has 1 aliphatic heterocycles. The summed E-state index contributed by atoms with van der Waals surface area (Å²) < 4.78 is 5.36. The first kappa shape index (κ1) is 16.5. The number of ether oxygens (including phenoxy) is 1. The lowest BCUT2D eigenvalue weighted by Crippen LogP contribution is -2.41. The molecule has 5 nitrogen and oxygen atoms in total. The van der Waals surface area contributed by atoms with Crippen LogP contribution in [0.5, 0.6) is 5.75 Å². The first-order chi connectivity index (χ1) is 11.7. The van der Waals surface area contributed by atoms with Crippen molar-refractivity contribution < 1.29 is 14.6 Å². The summed E-state index contributed by atoms with van der Waals surface area (Å²) in [4.78, 5) is 17.9. The zero-order chi connectivity index (χ0) is 16.9. The average molecular weight is 326 g/mol. The Bertz CT molecular complexity index is 690. The van der Waals surface area contributed by atoms with Crippen LogP contribution in [0.2, 0.25) is 0 Å². The Morgan fingerprint density at radius 2 is 2.17 bits per heavy atom. The first-order valence-electron chi connectivity index (χ1n) is 8.20. The Balaban J connectivity index is 1.97. The summed E-state index contributed by atoms with van der Waals surface area (Å²) in [7, 11) is 1.65. The summed E-state index contributed by atoms with van der Waals surface area (Å²) >= 11 is 0. The summed E-state index contributed by atoms with van der Waals surface area (Å²) in [6, 6.07) is 11.9. The van der Waals surface area contributed by atoms with Crippen LogP contribution in [0.4, 0.5) is 0 Å². The molecule has 3 rings (SSSR count). The Labute approximate surface area is 141 Å². The molecule has 5 heteroatoms. The van der Waals surface area contributed by atoms with E-state index >= 15 is 0 Å². The third-order valence-corrected chi connectivity index (χ3v) is 4.58. The molecule has 1 saturated heterocycles. The molecular formula is C19H22N2O3. The Morgan fingerprint density at radius 1 is 1.33 bits per heavy atom. The van der Waals surface area contributed by atoms with E-state index in [1.165, 1.54) is 0 Å². The standard InChI is InChI=1S/C19H22N2O3/c1-24-17-8-2-5-14(11-17)18(15-6-3-9-20-12-15)21-10-4-7-16(13-21)19(22)23/h2-3,5-6,8-9,11-12,16,18H,4,7,10,13H2,1H3,(H,22,23). The monoisotopic (exact) mass is 326 g/mol. The molecule has 2 heterocycles. The van der Waals surface area contributed by atoms with Crippen LogP contribution in [0.25, 0.3) is 0 Å². The Morgan fingerprint density at radius 3 is 2.88 bits per heavy atom. The Kier molecular flexibility index (Phi) is 5.11. The molecule has 1 N–H and O–H groups in total. The van der Waals surface area contributed by atoms with E-state index in [0.717, 1.165) is 36.3 Å². The summed E-state index contributed by atoms with van der Waals surface area (Å²) in [5, 5.41) is 9.40. The van der Waals surface area contributed by atoms with Crippen LogP contribution in [0.3, 0.4) is 0 Å². The minimum absolute atomic E-state index is 0.0176. The van der Waals surface area contributed by atoms with Crippen LogP contribution in [0.15, 0.2) is 48.8 Å². The van der Waals surface area contributed by atoms with Gasteiger partial charge in [0.15, 0.2) is 0 Å². The van der Waals surface area contributed by atoms with Crippen molar-refractivity contribution in [3.63, 3.8) is 0 Å². The van der Waals surface area contributed by atoms with Crippen molar-refractivity contribution in [2.45, 2.75) is 18.9 Å². The summed E-state index contributed by atoms with van der Waals surface area (Å²) in [5.74, 6) is -0.230. The van der Waals surface area contributed by atoms with Gasteiger partial charge in [-0.1, -0.05) is 18.2 Å². The number of carboxylic acids is 1. The smallest absolute Gasteiger partial charge is 0.307 e. The average Bonchev–Trinajstić information content (AvgIpc) is 2.63. The van der Waals surface area contributed by atoms with Gasteiger partial charge < -0.3 is 9.84 Å². The minimum atomic E-state index is -0.713. The molecule has 1 fully saturated rings. The van der Waals surface area contributed by atoms with Gasteiger partial charge in [0.2, 0.25) is 0 Å². The third-order valence-electron chi connectivity index (χ3n) is 4.58. The van der Waals surface area contributed by atoms with Gasteiger partial charge in [-0.2, -0.15) is 0 Å². The summed E-state index contributed by atoms with van der Waals surface area (Å²) in [6.07, 6.45) is 5.23. The molecule has 126 valence electrons. The van der Waals surface area contributed by atoms with Gasteiger partial charge in [-0.25, -0.2) is 0 Å². The lowest BCUT2D eigenvalue weighted by Gasteiger charge is -2.37. The number of carboxylic acid groups (broad SMARTS) is 1. The number of aromatic nitrogens is 1. The molecule has 0 amide bonds. The predicted molar refractivity (Wildman–Crippen MR) is 91.0 cm³/mol. The van der Waals surface area contributed by atoms with Crippen LogP contribution in [-0.2, 0) is 4.79 Å². The molecule has 0 radical (unpaired) electrons. The molecule has 2 unspecified atom stereocenters. The second kappa shape index (κ2) is 7.45. The third kappa shape index (κ3) is 3.57. The summed E-state index contributed by atoms with van der Waals surface area (Å²) in [5.41, 5.74) is 2.16. The number of methoxy groups -OCH3 is 1. The zero-order valence-electron chi connectivity index (χ0n) is 13.8. The van der Waals surface area contributed by atoms with Crippen molar-refractivity contribution in [3.8, 4) is 5.75 Å². The van der Waals surface area contributed by atoms with E-state index in [0.29, 0.717) is 6.54 Å². The molecule has 0 saturated carbocycles. The molecular weight excluding hydrogens is 304 g/mol. The van der Waals surface area contributed by atoms with Crippen molar-refractivity contribution in [3.05, 3.63) is 59.9 Å². The number of carbonyl (C=O) groups is 1. The molecule has 2 aromatic rings. The van der Waals surface area contributed by atoms with E-state index in [-0.39, 0.29) is 12.0 Å².